The van der Waals surface area contributed by atoms with E-state index >= 15 is 0 Å². The van der Waals surface area contributed by atoms with E-state index in [4.69, 9.17) is 4.74 Å². The van der Waals surface area contributed by atoms with Crippen molar-refractivity contribution in [3.63, 3.8) is 0 Å². The number of aromatic amines is 1. The van der Waals surface area contributed by atoms with Crippen LogP contribution in [0.3, 0.4) is 0 Å². The quantitative estimate of drug-likeness (QED) is 0.513. The number of rotatable bonds is 2. The van der Waals surface area contributed by atoms with Gasteiger partial charge in [-0.2, -0.15) is 5.10 Å². The Kier molecular flexibility index (Phi) is 4.22. The zero-order chi connectivity index (χ0) is 11.5. The first kappa shape index (κ1) is 12.6. The molecule has 82 valence electrons. The van der Waals surface area contributed by atoms with Crippen molar-refractivity contribution in [3.05, 3.63) is 9.26 Å². The van der Waals surface area contributed by atoms with Gasteiger partial charge in [-0.3, -0.25) is 0 Å². The second-order valence-corrected chi connectivity index (χ2v) is 10.1. The van der Waals surface area contributed by atoms with Crippen LogP contribution in [0.2, 0.25) is 19.6 Å². The summed E-state index contributed by atoms with van der Waals surface area (Å²) in [6.07, 6.45) is 0.697. The van der Waals surface area contributed by atoms with Crippen LogP contribution < -0.4 is 4.74 Å². The molecule has 0 unspecified atom stereocenters. The minimum absolute atomic E-state index is 0.697. The molecule has 0 aliphatic carbocycles. The van der Waals surface area contributed by atoms with Crippen LogP contribution in [0.15, 0.2) is 0 Å². The summed E-state index contributed by atoms with van der Waals surface area (Å²) in [5.74, 6) is 3.91. The number of ether oxygens (including phenoxy) is 1. The number of hydrogen-bond donors (Lipinski definition) is 1. The van der Waals surface area contributed by atoms with Crippen molar-refractivity contribution in [2.75, 3.05) is 7.11 Å². The van der Waals surface area contributed by atoms with E-state index in [1.54, 1.807) is 7.11 Å². The Labute approximate surface area is 105 Å². The lowest BCUT2D eigenvalue weighted by Crippen LogP contribution is -2.16. The third-order valence-electron chi connectivity index (χ3n) is 1.67. The summed E-state index contributed by atoms with van der Waals surface area (Å²) in [4.78, 5) is 0. The molecule has 0 saturated carbocycles. The highest BCUT2D eigenvalue weighted by molar-refractivity contribution is 14.1. The summed E-state index contributed by atoms with van der Waals surface area (Å²) >= 11 is 2.22. The van der Waals surface area contributed by atoms with Gasteiger partial charge in [0.15, 0.2) is 0 Å². The van der Waals surface area contributed by atoms with E-state index in [9.17, 15) is 0 Å². The molecule has 3 nitrogen and oxygen atoms in total. The average Bonchev–Trinajstić information content (AvgIpc) is 2.46. The molecule has 5 heteroatoms. The topological polar surface area (TPSA) is 37.9 Å². The van der Waals surface area contributed by atoms with Crippen LogP contribution in [0.25, 0.3) is 0 Å². The normalized spacial score (nSPS) is 10.7. The Morgan fingerprint density at radius 3 is 2.60 bits per heavy atom. The second kappa shape index (κ2) is 5.03. The van der Waals surface area contributed by atoms with Gasteiger partial charge < -0.3 is 4.74 Å². The van der Waals surface area contributed by atoms with Gasteiger partial charge in [0.25, 0.3) is 0 Å². The number of hydrogen-bond acceptors (Lipinski definition) is 2. The van der Waals surface area contributed by atoms with Crippen LogP contribution in [0.5, 0.6) is 5.88 Å². The van der Waals surface area contributed by atoms with Crippen LogP contribution in [0, 0.1) is 15.0 Å². The van der Waals surface area contributed by atoms with Crippen LogP contribution in [-0.2, 0) is 6.42 Å². The molecule has 0 aromatic carbocycles. The lowest BCUT2D eigenvalue weighted by molar-refractivity contribution is 0.394. The predicted octanol–water partition coefficient (Wildman–Crippen LogP) is 2.45. The van der Waals surface area contributed by atoms with Crippen molar-refractivity contribution in [1.82, 2.24) is 10.2 Å². The summed E-state index contributed by atoms with van der Waals surface area (Å²) in [6.45, 7) is 6.70. The first-order chi connectivity index (χ1) is 6.94. The van der Waals surface area contributed by atoms with E-state index in [0.717, 1.165) is 15.1 Å². The lowest BCUT2D eigenvalue weighted by atomic mass is 10.3. The molecule has 0 aliphatic rings. The fourth-order valence-electron chi connectivity index (χ4n) is 0.993. The van der Waals surface area contributed by atoms with Gasteiger partial charge in [0.1, 0.15) is 8.07 Å². The molecule has 1 N–H and O–H groups in total. The number of nitrogens with zero attached hydrogens (tertiary/aromatic N) is 1. The van der Waals surface area contributed by atoms with E-state index in [2.05, 4.69) is 63.9 Å². The Morgan fingerprint density at radius 1 is 1.47 bits per heavy atom. The highest BCUT2D eigenvalue weighted by Gasteiger charge is 2.10. The molecule has 1 heterocycles. The highest BCUT2D eigenvalue weighted by atomic mass is 127. The maximum absolute atomic E-state index is 5.11. The minimum atomic E-state index is -1.26. The predicted molar refractivity (Wildman–Crippen MR) is 72.7 cm³/mol. The summed E-state index contributed by atoms with van der Waals surface area (Å²) in [7, 11) is 0.369. The standard InChI is InChI=1S/C10H15IN2OSi/c1-14-10-9(11)8(12-13-10)6-5-7-15(2,3)4/h6H2,1-4H3,(H,12,13). The molecule has 0 atom stereocenters. The van der Waals surface area contributed by atoms with E-state index in [1.165, 1.54) is 0 Å². The molecular weight excluding hydrogens is 319 g/mol. The van der Waals surface area contributed by atoms with Crippen molar-refractivity contribution < 1.29 is 4.74 Å². The first-order valence-electron chi connectivity index (χ1n) is 4.71. The third-order valence-corrected chi connectivity index (χ3v) is 3.71. The zero-order valence-electron chi connectivity index (χ0n) is 9.44. The molecule has 0 saturated heterocycles. The summed E-state index contributed by atoms with van der Waals surface area (Å²) in [6, 6.07) is 0. The van der Waals surface area contributed by atoms with Gasteiger partial charge in [0.05, 0.1) is 22.8 Å². The molecule has 0 spiro atoms. The van der Waals surface area contributed by atoms with Crippen molar-refractivity contribution in [2.24, 2.45) is 0 Å². The van der Waals surface area contributed by atoms with Crippen molar-refractivity contribution in [2.45, 2.75) is 26.1 Å². The van der Waals surface area contributed by atoms with Gasteiger partial charge in [-0.05, 0) is 22.6 Å². The fraction of sp³-hybridized carbons (Fsp3) is 0.500. The number of aromatic nitrogens is 2. The molecule has 0 fully saturated rings. The number of methoxy groups -OCH3 is 1. The van der Waals surface area contributed by atoms with E-state index < -0.39 is 8.07 Å². The SMILES string of the molecule is COc1[nH]nc(CC#C[Si](C)(C)C)c1I. The Hall–Kier alpha value is -0.483. The molecule has 0 radical (unpaired) electrons. The lowest BCUT2D eigenvalue weighted by Gasteiger charge is -2.02. The highest BCUT2D eigenvalue weighted by Crippen LogP contribution is 2.20. The number of halogens is 1. The molecule has 0 bridgehead atoms. The molecule has 0 amide bonds. The van der Waals surface area contributed by atoms with Crippen molar-refractivity contribution >= 4 is 30.7 Å². The molecule has 1 rings (SSSR count). The number of H-pyrrole nitrogens is 1. The molecule has 1 aromatic heterocycles. The molecule has 15 heavy (non-hydrogen) atoms. The van der Waals surface area contributed by atoms with Gasteiger partial charge >= 0.3 is 0 Å². The fourth-order valence-corrected chi connectivity index (χ4v) is 2.26. The van der Waals surface area contributed by atoms with Crippen molar-refractivity contribution in [3.8, 4) is 17.3 Å². The summed E-state index contributed by atoms with van der Waals surface area (Å²) < 4.78 is 6.14. The Balaban J connectivity index is 2.73. The zero-order valence-corrected chi connectivity index (χ0v) is 12.6. The maximum Gasteiger partial charge on any atom is 0.222 e. The van der Waals surface area contributed by atoms with Gasteiger partial charge in [0, 0.05) is 0 Å². The monoisotopic (exact) mass is 334 g/mol. The molecular formula is C10H15IN2OSi. The van der Waals surface area contributed by atoms with Crippen LogP contribution in [-0.4, -0.2) is 25.4 Å². The number of nitrogens with one attached hydrogen (secondary N) is 1. The van der Waals surface area contributed by atoms with Gasteiger partial charge in [0.2, 0.25) is 5.88 Å². The van der Waals surface area contributed by atoms with E-state index in [-0.39, 0.29) is 0 Å². The van der Waals surface area contributed by atoms with Crippen LogP contribution in [0.4, 0.5) is 0 Å². The maximum atomic E-state index is 5.11. The van der Waals surface area contributed by atoms with E-state index in [1.807, 2.05) is 0 Å². The van der Waals surface area contributed by atoms with Gasteiger partial charge in [-0.25, -0.2) is 5.10 Å². The molecule has 1 aromatic rings. The minimum Gasteiger partial charge on any atom is -0.481 e. The van der Waals surface area contributed by atoms with Crippen LogP contribution in [0.1, 0.15) is 5.69 Å². The van der Waals surface area contributed by atoms with Gasteiger partial charge in [-0.15, -0.1) is 11.5 Å². The average molecular weight is 334 g/mol. The van der Waals surface area contributed by atoms with Gasteiger partial charge in [-0.1, -0.05) is 19.6 Å². The smallest absolute Gasteiger partial charge is 0.222 e. The summed E-state index contributed by atoms with van der Waals surface area (Å²) in [5, 5.41) is 7.00. The Bertz CT molecular complexity index is 398. The Morgan fingerprint density at radius 2 is 2.13 bits per heavy atom. The van der Waals surface area contributed by atoms with Crippen LogP contribution >= 0.6 is 22.6 Å². The van der Waals surface area contributed by atoms with Crippen molar-refractivity contribution in [1.29, 1.82) is 0 Å². The second-order valence-electron chi connectivity index (χ2n) is 4.25. The molecule has 0 aliphatic heterocycles. The largest absolute Gasteiger partial charge is 0.481 e. The summed E-state index contributed by atoms with van der Waals surface area (Å²) in [5.41, 5.74) is 4.29. The first-order valence-corrected chi connectivity index (χ1v) is 9.28. The van der Waals surface area contributed by atoms with E-state index in [0.29, 0.717) is 6.42 Å². The third kappa shape index (κ3) is 3.87.